The summed E-state index contributed by atoms with van der Waals surface area (Å²) >= 11 is 0. The lowest BCUT2D eigenvalue weighted by atomic mass is 10.2. The fraction of sp³-hybridized carbons (Fsp3) is 0.400. The van der Waals surface area contributed by atoms with Gasteiger partial charge >= 0.3 is 0 Å². The van der Waals surface area contributed by atoms with Crippen LogP contribution in [-0.2, 0) is 17.1 Å². The number of benzene rings is 1. The molecule has 1 N–H and O–H groups in total. The van der Waals surface area contributed by atoms with Crippen molar-refractivity contribution >= 4 is 10.0 Å². The maximum Gasteiger partial charge on any atom is 0.243 e. The van der Waals surface area contributed by atoms with E-state index >= 15 is 0 Å². The first-order valence-electron chi connectivity index (χ1n) is 7.67. The van der Waals surface area contributed by atoms with Gasteiger partial charge in [0.2, 0.25) is 16.8 Å². The molecule has 3 heterocycles. The van der Waals surface area contributed by atoms with Gasteiger partial charge in [0, 0.05) is 45.1 Å². The predicted octanol–water partition coefficient (Wildman–Crippen LogP) is 0.484. The van der Waals surface area contributed by atoms with Crippen molar-refractivity contribution in [3.63, 3.8) is 0 Å². The second-order valence-electron chi connectivity index (χ2n) is 5.75. The van der Waals surface area contributed by atoms with Crippen LogP contribution >= 0.6 is 0 Å². The molecule has 0 amide bonds. The van der Waals surface area contributed by atoms with Crippen molar-refractivity contribution in [1.29, 1.82) is 0 Å². The molecule has 1 unspecified atom stereocenters. The van der Waals surface area contributed by atoms with E-state index in [1.807, 2.05) is 17.8 Å². The first-order valence-corrected chi connectivity index (χ1v) is 9.11. The van der Waals surface area contributed by atoms with Crippen LogP contribution < -0.4 is 14.8 Å². The Morgan fingerprint density at radius 1 is 1.29 bits per heavy atom. The summed E-state index contributed by atoms with van der Waals surface area (Å²) in [4.78, 5) is 4.53. The lowest BCUT2D eigenvalue weighted by Gasteiger charge is -2.34. The summed E-state index contributed by atoms with van der Waals surface area (Å²) in [5.74, 6) is 1.74. The quantitative estimate of drug-likeness (QED) is 0.867. The number of nitrogens with zero attached hydrogens (tertiary/aromatic N) is 3. The van der Waals surface area contributed by atoms with Gasteiger partial charge in [-0.25, -0.2) is 13.4 Å². The zero-order valence-electron chi connectivity index (χ0n) is 13.2. The molecule has 2 aliphatic heterocycles. The van der Waals surface area contributed by atoms with Crippen LogP contribution in [0.5, 0.6) is 11.5 Å². The molecule has 8 nitrogen and oxygen atoms in total. The number of aromatic nitrogens is 2. The van der Waals surface area contributed by atoms with Gasteiger partial charge < -0.3 is 19.4 Å². The minimum absolute atomic E-state index is 0.113. The summed E-state index contributed by atoms with van der Waals surface area (Å²) in [6.07, 6.45) is 3.49. The number of ether oxygens (including phenoxy) is 2. The van der Waals surface area contributed by atoms with E-state index in [-0.39, 0.29) is 17.7 Å². The van der Waals surface area contributed by atoms with Crippen LogP contribution in [-0.4, -0.2) is 48.7 Å². The monoisotopic (exact) mass is 350 g/mol. The molecule has 1 aromatic carbocycles. The highest BCUT2D eigenvalue weighted by atomic mass is 32.2. The van der Waals surface area contributed by atoms with Gasteiger partial charge in [0.05, 0.1) is 10.9 Å². The Morgan fingerprint density at radius 3 is 2.92 bits per heavy atom. The number of hydrogen-bond acceptors (Lipinski definition) is 6. The van der Waals surface area contributed by atoms with Crippen molar-refractivity contribution in [3.05, 3.63) is 36.4 Å². The molecule has 2 aromatic rings. The van der Waals surface area contributed by atoms with Gasteiger partial charge in [0.15, 0.2) is 11.5 Å². The first kappa shape index (κ1) is 15.4. The third kappa shape index (κ3) is 2.45. The SMILES string of the molecule is Cn1ccnc1C1CNCCN1S(=O)(=O)c1ccc2c(c1)OCO2. The highest BCUT2D eigenvalue weighted by Gasteiger charge is 2.37. The maximum atomic E-state index is 13.2. The summed E-state index contributed by atoms with van der Waals surface area (Å²) in [6.45, 7) is 1.62. The van der Waals surface area contributed by atoms with Crippen molar-refractivity contribution in [2.45, 2.75) is 10.9 Å². The summed E-state index contributed by atoms with van der Waals surface area (Å²) in [6, 6.07) is 4.36. The van der Waals surface area contributed by atoms with Crippen molar-refractivity contribution in [2.24, 2.45) is 7.05 Å². The average Bonchev–Trinajstić information content (AvgIpc) is 3.22. The molecule has 9 heteroatoms. The topological polar surface area (TPSA) is 85.7 Å². The Balaban J connectivity index is 1.73. The van der Waals surface area contributed by atoms with Crippen molar-refractivity contribution in [1.82, 2.24) is 19.2 Å². The van der Waals surface area contributed by atoms with E-state index in [0.717, 1.165) is 0 Å². The molecule has 1 atom stereocenters. The normalized spacial score (nSPS) is 21.1. The second kappa shape index (κ2) is 5.76. The van der Waals surface area contributed by atoms with Crippen LogP contribution in [0.3, 0.4) is 0 Å². The fourth-order valence-corrected chi connectivity index (χ4v) is 4.67. The largest absolute Gasteiger partial charge is 0.454 e. The van der Waals surface area contributed by atoms with E-state index in [9.17, 15) is 8.42 Å². The molecule has 4 rings (SSSR count). The van der Waals surface area contributed by atoms with Crippen LogP contribution in [0.1, 0.15) is 11.9 Å². The molecule has 1 fully saturated rings. The van der Waals surface area contributed by atoms with E-state index in [0.29, 0.717) is 37.0 Å². The number of nitrogens with one attached hydrogen (secondary N) is 1. The Hall–Kier alpha value is -2.10. The summed E-state index contributed by atoms with van der Waals surface area (Å²) < 4.78 is 40.2. The average molecular weight is 350 g/mol. The van der Waals surface area contributed by atoms with Crippen LogP contribution in [0, 0.1) is 0 Å². The van der Waals surface area contributed by atoms with Crippen molar-refractivity contribution in [2.75, 3.05) is 26.4 Å². The van der Waals surface area contributed by atoms with Gasteiger partial charge in [0.25, 0.3) is 0 Å². The van der Waals surface area contributed by atoms with Gasteiger partial charge in [0.1, 0.15) is 5.82 Å². The van der Waals surface area contributed by atoms with Gasteiger partial charge in [-0.05, 0) is 12.1 Å². The van der Waals surface area contributed by atoms with E-state index in [2.05, 4.69) is 10.3 Å². The Bertz CT molecular complexity index is 864. The third-order valence-electron chi connectivity index (χ3n) is 4.30. The number of piperazine rings is 1. The molecule has 24 heavy (non-hydrogen) atoms. The lowest BCUT2D eigenvalue weighted by Crippen LogP contribution is -2.49. The van der Waals surface area contributed by atoms with E-state index in [4.69, 9.17) is 9.47 Å². The summed E-state index contributed by atoms with van der Waals surface area (Å²) in [5, 5.41) is 3.24. The zero-order chi connectivity index (χ0) is 16.7. The Labute approximate surface area is 140 Å². The highest BCUT2D eigenvalue weighted by molar-refractivity contribution is 7.89. The molecule has 0 radical (unpaired) electrons. The lowest BCUT2D eigenvalue weighted by molar-refractivity contribution is 0.174. The number of hydrogen-bond donors (Lipinski definition) is 1. The number of rotatable bonds is 3. The predicted molar refractivity (Wildman–Crippen MR) is 85.3 cm³/mol. The summed E-state index contributed by atoms with van der Waals surface area (Å²) in [5.41, 5.74) is 0. The van der Waals surface area contributed by atoms with Gasteiger partial charge in [-0.1, -0.05) is 0 Å². The molecule has 1 aromatic heterocycles. The molecule has 0 spiro atoms. The van der Waals surface area contributed by atoms with E-state index < -0.39 is 10.0 Å². The van der Waals surface area contributed by atoms with Crippen molar-refractivity contribution in [3.8, 4) is 11.5 Å². The Morgan fingerprint density at radius 2 is 2.12 bits per heavy atom. The molecule has 128 valence electrons. The molecule has 2 aliphatic rings. The minimum atomic E-state index is -3.67. The number of sulfonamides is 1. The smallest absolute Gasteiger partial charge is 0.243 e. The Kier molecular flexibility index (Phi) is 3.70. The molecule has 0 bridgehead atoms. The molecule has 1 saturated heterocycles. The highest BCUT2D eigenvalue weighted by Crippen LogP contribution is 2.36. The van der Waals surface area contributed by atoms with Crippen LogP contribution in [0.4, 0.5) is 0 Å². The third-order valence-corrected chi connectivity index (χ3v) is 6.21. The standard InChI is InChI=1S/C15H18N4O4S/c1-18-6-5-17-15(18)12-9-16-4-7-19(12)24(20,21)11-2-3-13-14(8-11)23-10-22-13/h2-3,5-6,8,12,16H,4,7,9-10H2,1H3. The summed E-state index contributed by atoms with van der Waals surface area (Å²) in [7, 11) is -1.81. The number of fused-ring (bicyclic) bond motifs is 1. The molecule has 0 aliphatic carbocycles. The van der Waals surface area contributed by atoms with Gasteiger partial charge in [-0.2, -0.15) is 4.31 Å². The second-order valence-corrected chi connectivity index (χ2v) is 7.64. The first-order chi connectivity index (χ1) is 11.6. The fourth-order valence-electron chi connectivity index (χ4n) is 3.06. The van der Waals surface area contributed by atoms with Crippen molar-refractivity contribution < 1.29 is 17.9 Å². The van der Waals surface area contributed by atoms with E-state index in [1.165, 1.54) is 10.4 Å². The van der Waals surface area contributed by atoms with Crippen LogP contribution in [0.15, 0.2) is 35.5 Å². The molecular formula is C15H18N4O4S. The minimum Gasteiger partial charge on any atom is -0.454 e. The zero-order valence-corrected chi connectivity index (χ0v) is 14.0. The van der Waals surface area contributed by atoms with Crippen LogP contribution in [0.2, 0.25) is 0 Å². The van der Waals surface area contributed by atoms with Gasteiger partial charge in [-0.3, -0.25) is 0 Å². The molecular weight excluding hydrogens is 332 g/mol. The number of aryl methyl sites for hydroxylation is 1. The maximum absolute atomic E-state index is 13.2. The molecule has 0 saturated carbocycles. The van der Waals surface area contributed by atoms with E-state index in [1.54, 1.807) is 18.3 Å². The van der Waals surface area contributed by atoms with Crippen LogP contribution in [0.25, 0.3) is 0 Å². The number of imidazole rings is 1. The van der Waals surface area contributed by atoms with Gasteiger partial charge in [-0.15, -0.1) is 0 Å².